The third kappa shape index (κ3) is 2.75. The van der Waals surface area contributed by atoms with Gasteiger partial charge < -0.3 is 15.0 Å². The highest BCUT2D eigenvalue weighted by Crippen LogP contribution is 2.27. The van der Waals surface area contributed by atoms with Gasteiger partial charge in [-0.3, -0.25) is 4.79 Å². The lowest BCUT2D eigenvalue weighted by Gasteiger charge is -2.29. The fraction of sp³-hybridized carbons (Fsp3) is 0.562. The first kappa shape index (κ1) is 14.3. The number of nitrogens with one attached hydrogen (secondary N) is 1. The molecule has 0 spiro atoms. The van der Waals surface area contributed by atoms with Crippen LogP contribution in [0.4, 0.5) is 4.39 Å². The van der Waals surface area contributed by atoms with Crippen LogP contribution in [0.1, 0.15) is 36.0 Å². The number of ether oxygens (including phenoxy) is 1. The summed E-state index contributed by atoms with van der Waals surface area (Å²) in [7, 11) is 1.48. The maximum atomic E-state index is 14.1. The summed E-state index contributed by atoms with van der Waals surface area (Å²) in [4.78, 5) is 14.5. The van der Waals surface area contributed by atoms with Gasteiger partial charge in [0.15, 0.2) is 0 Å². The number of carbonyl (C=O) groups excluding carboxylic acids is 1. The Labute approximate surface area is 124 Å². The zero-order valence-corrected chi connectivity index (χ0v) is 12.3. The predicted molar refractivity (Wildman–Crippen MR) is 78.0 cm³/mol. The molecule has 2 atom stereocenters. The predicted octanol–water partition coefficient (Wildman–Crippen LogP) is 2.19. The Morgan fingerprint density at radius 3 is 2.90 bits per heavy atom. The van der Waals surface area contributed by atoms with Crippen LogP contribution >= 0.6 is 0 Å². The van der Waals surface area contributed by atoms with Crippen LogP contribution in [0.25, 0.3) is 0 Å². The van der Waals surface area contributed by atoms with Crippen molar-refractivity contribution >= 4 is 5.91 Å². The summed E-state index contributed by atoms with van der Waals surface area (Å²) in [6.45, 7) is 1.73. The highest BCUT2D eigenvalue weighted by molar-refractivity contribution is 5.95. The second kappa shape index (κ2) is 6.02. The molecular formula is C16H21FN2O2. The molecule has 1 aromatic rings. The Balaban J connectivity index is 1.80. The van der Waals surface area contributed by atoms with E-state index >= 15 is 0 Å². The van der Waals surface area contributed by atoms with Crippen molar-refractivity contribution in [3.63, 3.8) is 0 Å². The van der Waals surface area contributed by atoms with Gasteiger partial charge in [0.1, 0.15) is 11.6 Å². The van der Waals surface area contributed by atoms with Crippen LogP contribution < -0.4 is 10.1 Å². The molecule has 2 aliphatic rings. The third-order valence-electron chi connectivity index (χ3n) is 4.53. The van der Waals surface area contributed by atoms with Gasteiger partial charge in [0.25, 0.3) is 5.91 Å². The van der Waals surface area contributed by atoms with E-state index in [0.29, 0.717) is 18.3 Å². The highest BCUT2D eigenvalue weighted by atomic mass is 19.1. The average molecular weight is 292 g/mol. The zero-order chi connectivity index (χ0) is 14.8. The van der Waals surface area contributed by atoms with Gasteiger partial charge in [-0.1, -0.05) is 0 Å². The number of nitrogens with zero attached hydrogens (tertiary/aromatic N) is 1. The van der Waals surface area contributed by atoms with Gasteiger partial charge in [-0.05, 0) is 44.4 Å². The van der Waals surface area contributed by atoms with Crippen molar-refractivity contribution in [3.8, 4) is 5.75 Å². The van der Waals surface area contributed by atoms with Crippen molar-refractivity contribution in [1.82, 2.24) is 10.2 Å². The number of likely N-dealkylation sites (tertiary alicyclic amines) is 1. The van der Waals surface area contributed by atoms with E-state index in [2.05, 4.69) is 5.32 Å². The van der Waals surface area contributed by atoms with Crippen molar-refractivity contribution in [2.45, 2.75) is 37.8 Å². The van der Waals surface area contributed by atoms with Crippen LogP contribution in [0.2, 0.25) is 0 Å². The van der Waals surface area contributed by atoms with E-state index in [1.165, 1.54) is 19.2 Å². The first-order valence-corrected chi connectivity index (χ1v) is 7.58. The first-order valence-electron chi connectivity index (χ1n) is 7.58. The van der Waals surface area contributed by atoms with Gasteiger partial charge in [0.2, 0.25) is 0 Å². The molecule has 0 aliphatic carbocycles. The molecule has 2 heterocycles. The SMILES string of the molecule is COc1ccc(C(=O)N2CCCC2C2CCCN2)c(F)c1. The number of rotatable bonds is 3. The summed E-state index contributed by atoms with van der Waals surface area (Å²) in [5, 5.41) is 3.46. The van der Waals surface area contributed by atoms with Crippen molar-refractivity contribution in [1.29, 1.82) is 0 Å². The molecule has 2 aliphatic heterocycles. The van der Waals surface area contributed by atoms with Gasteiger partial charge in [0, 0.05) is 24.7 Å². The van der Waals surface area contributed by atoms with Crippen molar-refractivity contribution in [2.24, 2.45) is 0 Å². The molecule has 4 nitrogen and oxygen atoms in total. The number of benzene rings is 1. The Hall–Kier alpha value is -1.62. The fourth-order valence-electron chi connectivity index (χ4n) is 3.45. The van der Waals surface area contributed by atoms with E-state index in [1.54, 1.807) is 6.07 Å². The molecule has 2 unspecified atom stereocenters. The lowest BCUT2D eigenvalue weighted by Crippen LogP contribution is -2.46. The molecule has 0 bridgehead atoms. The van der Waals surface area contributed by atoms with Gasteiger partial charge in [-0.25, -0.2) is 4.39 Å². The minimum absolute atomic E-state index is 0.140. The quantitative estimate of drug-likeness (QED) is 0.928. The van der Waals surface area contributed by atoms with E-state index in [9.17, 15) is 9.18 Å². The van der Waals surface area contributed by atoms with Crippen LogP contribution in [-0.4, -0.2) is 43.1 Å². The smallest absolute Gasteiger partial charge is 0.257 e. The normalized spacial score (nSPS) is 25.3. The molecule has 3 rings (SSSR count). The molecule has 2 saturated heterocycles. The molecule has 21 heavy (non-hydrogen) atoms. The number of carbonyl (C=O) groups is 1. The molecule has 0 aromatic heterocycles. The monoisotopic (exact) mass is 292 g/mol. The maximum Gasteiger partial charge on any atom is 0.257 e. The molecule has 1 amide bonds. The summed E-state index contributed by atoms with van der Waals surface area (Å²) in [6, 6.07) is 4.98. The topological polar surface area (TPSA) is 41.6 Å². The summed E-state index contributed by atoms with van der Waals surface area (Å²) in [6.07, 6.45) is 4.24. The van der Waals surface area contributed by atoms with Crippen LogP contribution in [0.5, 0.6) is 5.75 Å². The Bertz CT molecular complexity index is 529. The summed E-state index contributed by atoms with van der Waals surface area (Å²) >= 11 is 0. The summed E-state index contributed by atoms with van der Waals surface area (Å²) < 4.78 is 19.1. The van der Waals surface area contributed by atoms with E-state index in [-0.39, 0.29) is 17.5 Å². The van der Waals surface area contributed by atoms with Gasteiger partial charge in [0.05, 0.1) is 12.7 Å². The van der Waals surface area contributed by atoms with Gasteiger partial charge >= 0.3 is 0 Å². The van der Waals surface area contributed by atoms with Crippen LogP contribution in [-0.2, 0) is 0 Å². The second-order valence-electron chi connectivity index (χ2n) is 5.76. The maximum absolute atomic E-state index is 14.1. The molecule has 0 radical (unpaired) electrons. The molecule has 2 fully saturated rings. The van der Waals surface area contributed by atoms with Crippen molar-refractivity contribution < 1.29 is 13.9 Å². The standard InChI is InChI=1S/C16H21FN2O2/c1-21-11-6-7-12(13(17)10-11)16(20)19-9-3-5-15(19)14-4-2-8-18-14/h6-7,10,14-15,18H,2-5,8-9H2,1H3. The van der Waals surface area contributed by atoms with Crippen molar-refractivity contribution in [2.75, 3.05) is 20.2 Å². The molecule has 114 valence electrons. The van der Waals surface area contributed by atoms with E-state index in [0.717, 1.165) is 32.2 Å². The largest absolute Gasteiger partial charge is 0.497 e. The second-order valence-corrected chi connectivity index (χ2v) is 5.76. The van der Waals surface area contributed by atoms with E-state index in [4.69, 9.17) is 4.74 Å². The Morgan fingerprint density at radius 1 is 1.38 bits per heavy atom. The first-order chi connectivity index (χ1) is 10.2. The van der Waals surface area contributed by atoms with E-state index < -0.39 is 5.82 Å². The number of halogens is 1. The third-order valence-corrected chi connectivity index (χ3v) is 4.53. The summed E-state index contributed by atoms with van der Waals surface area (Å²) in [5.74, 6) is -0.282. The number of hydrogen-bond donors (Lipinski definition) is 1. The lowest BCUT2D eigenvalue weighted by molar-refractivity contribution is 0.0706. The number of amides is 1. The minimum Gasteiger partial charge on any atom is -0.497 e. The van der Waals surface area contributed by atoms with Crippen LogP contribution in [0.15, 0.2) is 18.2 Å². The lowest BCUT2D eigenvalue weighted by atomic mass is 10.0. The Morgan fingerprint density at radius 2 is 2.24 bits per heavy atom. The number of hydrogen-bond acceptors (Lipinski definition) is 3. The van der Waals surface area contributed by atoms with Gasteiger partial charge in [-0.15, -0.1) is 0 Å². The number of methoxy groups -OCH3 is 1. The fourth-order valence-corrected chi connectivity index (χ4v) is 3.45. The molecular weight excluding hydrogens is 271 g/mol. The highest BCUT2D eigenvalue weighted by Gasteiger charge is 2.36. The average Bonchev–Trinajstić information content (AvgIpc) is 3.16. The molecule has 1 N–H and O–H groups in total. The minimum atomic E-state index is -0.510. The Kier molecular flexibility index (Phi) is 4.10. The van der Waals surface area contributed by atoms with E-state index in [1.807, 2.05) is 4.90 Å². The molecule has 5 heteroatoms. The zero-order valence-electron chi connectivity index (χ0n) is 12.3. The van der Waals surface area contributed by atoms with Gasteiger partial charge in [-0.2, -0.15) is 0 Å². The van der Waals surface area contributed by atoms with Crippen LogP contribution in [0.3, 0.4) is 0 Å². The molecule has 1 aromatic carbocycles. The summed E-state index contributed by atoms with van der Waals surface area (Å²) in [5.41, 5.74) is 0.140. The molecule has 0 saturated carbocycles. The van der Waals surface area contributed by atoms with Crippen molar-refractivity contribution in [3.05, 3.63) is 29.6 Å². The van der Waals surface area contributed by atoms with Crippen LogP contribution in [0, 0.1) is 5.82 Å².